The number of carboxylic acid groups (broad SMARTS) is 2. The zero-order valence-corrected chi connectivity index (χ0v) is 19.0. The molecule has 0 amide bonds. The quantitative estimate of drug-likeness (QED) is 0.532. The Balaban J connectivity index is 0.000000914. The van der Waals surface area contributed by atoms with Gasteiger partial charge in [-0.15, -0.1) is 0 Å². The van der Waals surface area contributed by atoms with E-state index in [1.807, 2.05) is 19.6 Å². The van der Waals surface area contributed by atoms with Crippen molar-refractivity contribution in [2.24, 2.45) is 0 Å². The van der Waals surface area contributed by atoms with Gasteiger partial charge in [-0.25, -0.2) is 9.59 Å². The van der Waals surface area contributed by atoms with Gasteiger partial charge in [0.2, 0.25) is 0 Å². The third kappa shape index (κ3) is 5.97. The van der Waals surface area contributed by atoms with Crippen molar-refractivity contribution >= 4 is 42.0 Å². The van der Waals surface area contributed by atoms with Crippen molar-refractivity contribution in [1.82, 2.24) is 0 Å². The van der Waals surface area contributed by atoms with Gasteiger partial charge >= 0.3 is 11.9 Å². The van der Waals surface area contributed by atoms with Gasteiger partial charge in [-0.2, -0.15) is 0 Å². The molecule has 0 heterocycles. The van der Waals surface area contributed by atoms with E-state index >= 15 is 0 Å². The molecular formula is C26H33NO6. The van der Waals surface area contributed by atoms with Crippen LogP contribution in [0.3, 0.4) is 0 Å². The predicted octanol–water partition coefficient (Wildman–Crippen LogP) is 5.66. The van der Waals surface area contributed by atoms with Crippen LogP contribution < -0.4 is 5.32 Å². The summed E-state index contributed by atoms with van der Waals surface area (Å²) in [5.41, 5.74) is 2.14. The van der Waals surface area contributed by atoms with Crippen LogP contribution >= 0.6 is 0 Å². The smallest absolute Gasteiger partial charge is 0.336 e. The van der Waals surface area contributed by atoms with Gasteiger partial charge in [-0.3, -0.25) is 0 Å². The molecule has 7 nitrogen and oxygen atoms in total. The maximum absolute atomic E-state index is 12.1. The summed E-state index contributed by atoms with van der Waals surface area (Å²) < 4.78 is 0. The van der Waals surface area contributed by atoms with E-state index in [2.05, 4.69) is 5.32 Å². The molecule has 2 aliphatic rings. The van der Waals surface area contributed by atoms with Crippen LogP contribution in [0.1, 0.15) is 96.4 Å². The summed E-state index contributed by atoms with van der Waals surface area (Å²) in [6.07, 6.45) is 11.2. The zero-order valence-electron chi connectivity index (χ0n) is 19.0. The summed E-state index contributed by atoms with van der Waals surface area (Å²) in [5.74, 6) is -1.73. The molecule has 2 aliphatic carbocycles. The Bertz CT molecular complexity index is 959. The van der Waals surface area contributed by atoms with Crippen LogP contribution in [0.15, 0.2) is 24.3 Å². The number of carbonyl (C=O) groups excluding carboxylic acids is 2. The average Bonchev–Trinajstić information content (AvgIpc) is 2.87. The third-order valence-electron chi connectivity index (χ3n) is 6.66. The van der Waals surface area contributed by atoms with Crippen molar-refractivity contribution in [1.29, 1.82) is 0 Å². The first-order chi connectivity index (χ1) is 16.1. The van der Waals surface area contributed by atoms with Crippen molar-refractivity contribution in [2.75, 3.05) is 5.32 Å². The fraction of sp³-hybridized carbons (Fsp3) is 0.462. The lowest BCUT2D eigenvalue weighted by Gasteiger charge is -2.27. The van der Waals surface area contributed by atoms with E-state index in [0.29, 0.717) is 16.8 Å². The lowest BCUT2D eigenvalue weighted by molar-refractivity contribution is -0.0987. The minimum absolute atomic E-state index is 0.181. The Kier molecular flexibility index (Phi) is 10.0. The molecule has 3 N–H and O–H groups in total. The van der Waals surface area contributed by atoms with Crippen LogP contribution in [-0.4, -0.2) is 41.8 Å². The number of rotatable bonds is 5. The number of nitrogens with one attached hydrogen (secondary N) is 1. The highest BCUT2D eigenvalue weighted by atomic mass is 16.4. The SMILES string of the molecule is C=O.C=O.O=C(O)c1ccc(C2CCCCC2)c2c(C(=O)O)ccc(NC3CCCCC3)c12. The number of anilines is 1. The van der Waals surface area contributed by atoms with Crippen LogP contribution in [0, 0.1) is 0 Å². The monoisotopic (exact) mass is 455 g/mol. The van der Waals surface area contributed by atoms with Gasteiger partial charge < -0.3 is 25.1 Å². The number of hydrogen-bond acceptors (Lipinski definition) is 5. The molecule has 2 fully saturated rings. The standard InChI is InChI=1S/C24H29NO4.2CH2O/c26-23(27)18-13-14-20(25-16-9-5-2-6-10-16)22-19(24(28)29)12-11-17(21(18)22)15-7-3-1-4-8-15;2*1-2/h11-16,25H,1-10H2,(H,26,27)(H,28,29);2*1H2. The van der Waals surface area contributed by atoms with Gasteiger partial charge in [-0.05, 0) is 55.4 Å². The molecule has 0 aliphatic heterocycles. The van der Waals surface area contributed by atoms with E-state index in [-0.39, 0.29) is 17.0 Å². The Morgan fingerprint density at radius 1 is 0.697 bits per heavy atom. The van der Waals surface area contributed by atoms with E-state index in [1.165, 1.54) is 25.7 Å². The number of benzene rings is 2. The first-order valence-electron chi connectivity index (χ1n) is 11.5. The van der Waals surface area contributed by atoms with E-state index < -0.39 is 11.9 Å². The molecule has 0 spiro atoms. The van der Waals surface area contributed by atoms with Crippen molar-refractivity contribution in [3.05, 3.63) is 41.0 Å². The molecule has 33 heavy (non-hydrogen) atoms. The Hall–Kier alpha value is -3.22. The predicted molar refractivity (Wildman–Crippen MR) is 128 cm³/mol. The Labute approximate surface area is 194 Å². The van der Waals surface area contributed by atoms with Gasteiger partial charge in [-0.1, -0.05) is 44.6 Å². The number of aromatic carboxylic acids is 2. The van der Waals surface area contributed by atoms with Crippen molar-refractivity contribution < 1.29 is 29.4 Å². The minimum atomic E-state index is -1.01. The molecule has 2 saturated carbocycles. The number of carbonyl (C=O) groups is 4. The summed E-state index contributed by atoms with van der Waals surface area (Å²) in [6.45, 7) is 4.00. The molecule has 2 aromatic rings. The minimum Gasteiger partial charge on any atom is -0.478 e. The second-order valence-corrected chi connectivity index (χ2v) is 8.54. The highest BCUT2D eigenvalue weighted by molar-refractivity contribution is 6.16. The summed E-state index contributed by atoms with van der Waals surface area (Å²) in [4.78, 5) is 40.1. The first kappa shape index (κ1) is 26.0. The summed E-state index contributed by atoms with van der Waals surface area (Å²) in [7, 11) is 0. The molecule has 7 heteroatoms. The highest BCUT2D eigenvalue weighted by Crippen LogP contribution is 2.41. The Morgan fingerprint density at radius 3 is 1.73 bits per heavy atom. The van der Waals surface area contributed by atoms with Crippen LogP contribution in [0.2, 0.25) is 0 Å². The highest BCUT2D eigenvalue weighted by Gasteiger charge is 2.26. The molecule has 4 rings (SSSR count). The topological polar surface area (TPSA) is 121 Å². The molecule has 178 valence electrons. The largest absolute Gasteiger partial charge is 0.478 e. The van der Waals surface area contributed by atoms with Gasteiger partial charge in [0, 0.05) is 22.5 Å². The summed E-state index contributed by atoms with van der Waals surface area (Å²) >= 11 is 0. The van der Waals surface area contributed by atoms with E-state index in [0.717, 1.165) is 49.8 Å². The van der Waals surface area contributed by atoms with Crippen molar-refractivity contribution in [3.8, 4) is 0 Å². The number of hydrogen-bond donors (Lipinski definition) is 3. The zero-order chi connectivity index (χ0) is 24.4. The fourth-order valence-corrected chi connectivity index (χ4v) is 5.22. The molecule has 0 unspecified atom stereocenters. The molecule has 2 aromatic carbocycles. The van der Waals surface area contributed by atoms with Crippen molar-refractivity contribution in [2.45, 2.75) is 76.2 Å². The molecule has 0 radical (unpaired) electrons. The molecular weight excluding hydrogens is 422 g/mol. The van der Waals surface area contributed by atoms with Gasteiger partial charge in [0.1, 0.15) is 13.6 Å². The normalized spacial score (nSPS) is 16.6. The second kappa shape index (κ2) is 12.7. The average molecular weight is 456 g/mol. The second-order valence-electron chi connectivity index (χ2n) is 8.54. The lowest BCUT2D eigenvalue weighted by atomic mass is 9.80. The molecule has 0 aromatic heterocycles. The first-order valence-corrected chi connectivity index (χ1v) is 11.5. The third-order valence-corrected chi connectivity index (χ3v) is 6.66. The lowest BCUT2D eigenvalue weighted by Crippen LogP contribution is -2.23. The molecule has 0 bridgehead atoms. The van der Waals surface area contributed by atoms with Gasteiger partial charge in [0.15, 0.2) is 0 Å². The van der Waals surface area contributed by atoms with Crippen LogP contribution in [0.25, 0.3) is 10.8 Å². The van der Waals surface area contributed by atoms with Crippen LogP contribution in [0.5, 0.6) is 0 Å². The summed E-state index contributed by atoms with van der Waals surface area (Å²) in [6, 6.07) is 7.25. The summed E-state index contributed by atoms with van der Waals surface area (Å²) in [5, 5.41) is 24.5. The maximum atomic E-state index is 12.1. The van der Waals surface area contributed by atoms with Crippen LogP contribution in [-0.2, 0) is 9.59 Å². The van der Waals surface area contributed by atoms with Crippen LogP contribution in [0.4, 0.5) is 5.69 Å². The molecule has 0 atom stereocenters. The maximum Gasteiger partial charge on any atom is 0.336 e. The number of fused-ring (bicyclic) bond motifs is 1. The number of carboxylic acids is 2. The van der Waals surface area contributed by atoms with Gasteiger partial charge in [0.05, 0.1) is 11.1 Å². The Morgan fingerprint density at radius 2 is 1.18 bits per heavy atom. The van der Waals surface area contributed by atoms with E-state index in [1.54, 1.807) is 18.2 Å². The van der Waals surface area contributed by atoms with E-state index in [9.17, 15) is 19.8 Å². The molecule has 0 saturated heterocycles. The van der Waals surface area contributed by atoms with Crippen molar-refractivity contribution in [3.63, 3.8) is 0 Å². The van der Waals surface area contributed by atoms with Gasteiger partial charge in [0.25, 0.3) is 0 Å². The van der Waals surface area contributed by atoms with E-state index in [4.69, 9.17) is 9.59 Å². The fourth-order valence-electron chi connectivity index (χ4n) is 5.22.